The molecular formula is C8H16INO2. The van der Waals surface area contributed by atoms with Crippen LogP contribution >= 0.6 is 22.6 Å². The number of ether oxygens (including phenoxy) is 1. The van der Waals surface area contributed by atoms with Crippen LogP contribution < -0.4 is 5.73 Å². The Bertz CT molecular complexity index is 120. The Balaban J connectivity index is 3.08. The Kier molecular flexibility index (Phi) is 9.37. The van der Waals surface area contributed by atoms with Crippen LogP contribution in [0.5, 0.6) is 0 Å². The van der Waals surface area contributed by atoms with Gasteiger partial charge in [0.2, 0.25) is 0 Å². The Labute approximate surface area is 87.2 Å². The van der Waals surface area contributed by atoms with Crippen molar-refractivity contribution in [1.82, 2.24) is 0 Å². The molecule has 0 aliphatic carbocycles. The van der Waals surface area contributed by atoms with Gasteiger partial charge in [-0.2, -0.15) is 0 Å². The number of nitrogens with two attached hydrogens (primary N) is 1. The molecule has 0 rings (SSSR count). The van der Waals surface area contributed by atoms with E-state index < -0.39 is 0 Å². The van der Waals surface area contributed by atoms with E-state index in [1.165, 1.54) is 0 Å². The monoisotopic (exact) mass is 285 g/mol. The van der Waals surface area contributed by atoms with E-state index in [0.29, 0.717) is 19.6 Å². The van der Waals surface area contributed by atoms with Crippen molar-refractivity contribution in [2.24, 2.45) is 5.73 Å². The first kappa shape index (κ1) is 12.2. The lowest BCUT2D eigenvalue weighted by molar-refractivity contribution is -0.143. The van der Waals surface area contributed by atoms with Crippen LogP contribution in [0.1, 0.15) is 25.7 Å². The van der Waals surface area contributed by atoms with Gasteiger partial charge in [0.05, 0.1) is 0 Å². The summed E-state index contributed by atoms with van der Waals surface area (Å²) in [5.41, 5.74) is 5.31. The van der Waals surface area contributed by atoms with E-state index >= 15 is 0 Å². The van der Waals surface area contributed by atoms with Crippen molar-refractivity contribution < 1.29 is 9.53 Å². The second kappa shape index (κ2) is 9.25. The number of carbonyl (C=O) groups is 1. The highest BCUT2D eigenvalue weighted by atomic mass is 127. The van der Waals surface area contributed by atoms with Gasteiger partial charge in [-0.05, 0) is 19.4 Å². The average molecular weight is 285 g/mol. The average Bonchev–Trinajstić information content (AvgIpc) is 2.09. The van der Waals surface area contributed by atoms with Crippen LogP contribution in [0.25, 0.3) is 0 Å². The minimum atomic E-state index is -0.0799. The molecule has 0 bridgehead atoms. The summed E-state index contributed by atoms with van der Waals surface area (Å²) in [5.74, 6) is -0.0799. The number of rotatable bonds is 7. The molecule has 12 heavy (non-hydrogen) atoms. The molecule has 0 spiro atoms. The van der Waals surface area contributed by atoms with Gasteiger partial charge in [0.25, 0.3) is 0 Å². The third-order valence-electron chi connectivity index (χ3n) is 1.43. The number of hydrogen-bond donors (Lipinski definition) is 1. The number of unbranched alkanes of at least 4 members (excludes halogenated alkanes) is 2. The number of halogens is 1. The number of esters is 1. The Morgan fingerprint density at radius 1 is 1.33 bits per heavy atom. The number of carbonyl (C=O) groups excluding carboxylic acids is 1. The SMILES string of the molecule is NCCCCCC(=O)OCCI. The number of hydrogen-bond acceptors (Lipinski definition) is 3. The molecule has 2 N–H and O–H groups in total. The summed E-state index contributed by atoms with van der Waals surface area (Å²) in [6.07, 6.45) is 3.46. The van der Waals surface area contributed by atoms with Crippen molar-refractivity contribution in [2.45, 2.75) is 25.7 Å². The van der Waals surface area contributed by atoms with Gasteiger partial charge >= 0.3 is 5.97 Å². The van der Waals surface area contributed by atoms with E-state index in [1.807, 2.05) is 0 Å². The smallest absolute Gasteiger partial charge is 0.305 e. The molecule has 72 valence electrons. The van der Waals surface area contributed by atoms with Gasteiger partial charge in [-0.15, -0.1) is 0 Å². The van der Waals surface area contributed by atoms with Crippen LogP contribution in [0, 0.1) is 0 Å². The van der Waals surface area contributed by atoms with E-state index in [1.54, 1.807) is 0 Å². The summed E-state index contributed by atoms with van der Waals surface area (Å²) in [6, 6.07) is 0. The van der Waals surface area contributed by atoms with Crippen LogP contribution in [-0.4, -0.2) is 23.5 Å². The van der Waals surface area contributed by atoms with Gasteiger partial charge in [-0.1, -0.05) is 29.0 Å². The lowest BCUT2D eigenvalue weighted by atomic mass is 10.2. The normalized spacial score (nSPS) is 9.83. The minimum Gasteiger partial charge on any atom is -0.465 e. The van der Waals surface area contributed by atoms with E-state index in [-0.39, 0.29) is 5.97 Å². The molecule has 0 aromatic rings. The van der Waals surface area contributed by atoms with Crippen molar-refractivity contribution in [3.63, 3.8) is 0 Å². The third kappa shape index (κ3) is 8.26. The van der Waals surface area contributed by atoms with Gasteiger partial charge in [0, 0.05) is 10.8 Å². The van der Waals surface area contributed by atoms with E-state index in [4.69, 9.17) is 10.5 Å². The van der Waals surface area contributed by atoms with Crippen LogP contribution in [0.15, 0.2) is 0 Å². The molecule has 0 atom stereocenters. The fraction of sp³-hybridized carbons (Fsp3) is 0.875. The molecule has 0 amide bonds. The molecule has 0 unspecified atom stereocenters. The van der Waals surface area contributed by atoms with Gasteiger partial charge in [-0.25, -0.2) is 0 Å². The zero-order valence-corrected chi connectivity index (χ0v) is 9.38. The molecule has 4 heteroatoms. The summed E-state index contributed by atoms with van der Waals surface area (Å²) in [6.45, 7) is 1.25. The highest BCUT2D eigenvalue weighted by molar-refractivity contribution is 14.1. The molecule has 3 nitrogen and oxygen atoms in total. The third-order valence-corrected chi connectivity index (χ3v) is 1.87. The Morgan fingerprint density at radius 2 is 2.08 bits per heavy atom. The largest absolute Gasteiger partial charge is 0.465 e. The van der Waals surface area contributed by atoms with Gasteiger partial charge in [-0.3, -0.25) is 4.79 Å². The molecule has 0 radical (unpaired) electrons. The molecule has 0 aliphatic heterocycles. The maximum atomic E-state index is 10.9. The topological polar surface area (TPSA) is 52.3 Å². The highest BCUT2D eigenvalue weighted by Gasteiger charge is 2.00. The number of alkyl halides is 1. The second-order valence-corrected chi connectivity index (χ2v) is 3.59. The summed E-state index contributed by atoms with van der Waals surface area (Å²) < 4.78 is 5.76. The van der Waals surface area contributed by atoms with Crippen molar-refractivity contribution in [2.75, 3.05) is 17.6 Å². The van der Waals surface area contributed by atoms with Crippen LogP contribution in [0.3, 0.4) is 0 Å². The lowest BCUT2D eigenvalue weighted by Gasteiger charge is -2.01. The second-order valence-electron chi connectivity index (χ2n) is 2.51. The Hall–Kier alpha value is 0.160. The molecule has 0 saturated heterocycles. The van der Waals surface area contributed by atoms with Crippen molar-refractivity contribution in [3.05, 3.63) is 0 Å². The predicted molar refractivity (Wildman–Crippen MR) is 57.4 cm³/mol. The zero-order chi connectivity index (χ0) is 9.23. The highest BCUT2D eigenvalue weighted by Crippen LogP contribution is 2.00. The predicted octanol–water partition coefficient (Wildman–Crippen LogP) is 1.48. The van der Waals surface area contributed by atoms with E-state index in [2.05, 4.69) is 22.6 Å². The molecule has 0 saturated carbocycles. The Morgan fingerprint density at radius 3 is 2.67 bits per heavy atom. The summed E-state index contributed by atoms with van der Waals surface area (Å²) in [4.78, 5) is 10.9. The summed E-state index contributed by atoms with van der Waals surface area (Å²) in [5, 5.41) is 0. The van der Waals surface area contributed by atoms with Crippen molar-refractivity contribution in [1.29, 1.82) is 0 Å². The van der Waals surface area contributed by atoms with E-state index in [0.717, 1.165) is 23.7 Å². The first-order valence-electron chi connectivity index (χ1n) is 4.23. The van der Waals surface area contributed by atoms with Gasteiger partial charge in [0.1, 0.15) is 6.61 Å². The summed E-state index contributed by atoms with van der Waals surface area (Å²) >= 11 is 2.18. The van der Waals surface area contributed by atoms with Gasteiger partial charge < -0.3 is 10.5 Å². The first-order valence-corrected chi connectivity index (χ1v) is 5.75. The molecule has 0 aromatic heterocycles. The van der Waals surface area contributed by atoms with Crippen LogP contribution in [0.4, 0.5) is 0 Å². The van der Waals surface area contributed by atoms with Gasteiger partial charge in [0.15, 0.2) is 0 Å². The summed E-state index contributed by atoms with van der Waals surface area (Å²) in [7, 11) is 0. The quantitative estimate of drug-likeness (QED) is 0.334. The molecule has 0 aromatic carbocycles. The molecular weight excluding hydrogens is 269 g/mol. The van der Waals surface area contributed by atoms with Crippen molar-refractivity contribution in [3.8, 4) is 0 Å². The first-order chi connectivity index (χ1) is 5.81. The minimum absolute atomic E-state index is 0.0799. The standard InChI is InChI=1S/C8H16INO2/c9-5-7-12-8(11)4-2-1-3-6-10/h1-7,10H2. The fourth-order valence-corrected chi connectivity index (χ4v) is 1.04. The van der Waals surface area contributed by atoms with Crippen LogP contribution in [-0.2, 0) is 9.53 Å². The van der Waals surface area contributed by atoms with E-state index in [9.17, 15) is 4.79 Å². The fourth-order valence-electron chi connectivity index (χ4n) is 0.815. The molecule has 0 fully saturated rings. The maximum Gasteiger partial charge on any atom is 0.305 e. The van der Waals surface area contributed by atoms with Crippen LogP contribution in [0.2, 0.25) is 0 Å². The maximum absolute atomic E-state index is 10.9. The molecule has 0 aliphatic rings. The zero-order valence-electron chi connectivity index (χ0n) is 7.22. The molecule has 0 heterocycles. The lowest BCUT2D eigenvalue weighted by Crippen LogP contribution is -2.06. The van der Waals surface area contributed by atoms with Crippen molar-refractivity contribution >= 4 is 28.6 Å².